The van der Waals surface area contributed by atoms with Crippen LogP contribution in [0.2, 0.25) is 0 Å². The van der Waals surface area contributed by atoms with Gasteiger partial charge in [0.25, 0.3) is 0 Å². The average molecular weight is 603 g/mol. The first-order valence-electron chi connectivity index (χ1n) is 15.4. The molecule has 2 aromatic heterocycles. The van der Waals surface area contributed by atoms with Crippen molar-refractivity contribution >= 4 is 33.6 Å². The number of fused-ring (bicyclic) bond motifs is 3. The van der Waals surface area contributed by atoms with Gasteiger partial charge in [0, 0.05) is 37.9 Å². The Balaban J connectivity index is 1.35. The number of ether oxygens (including phenoxy) is 1. The molecular formula is C33H36F2N6O3. The van der Waals surface area contributed by atoms with E-state index in [9.17, 15) is 14.3 Å². The van der Waals surface area contributed by atoms with Crippen LogP contribution < -0.4 is 9.64 Å². The lowest BCUT2D eigenvalue weighted by molar-refractivity contribution is 0.108. The van der Waals surface area contributed by atoms with Crippen molar-refractivity contribution in [3.63, 3.8) is 0 Å². The highest BCUT2D eigenvalue weighted by molar-refractivity contribution is 6.00. The highest BCUT2D eigenvalue weighted by atomic mass is 19.1. The van der Waals surface area contributed by atoms with Crippen LogP contribution in [0, 0.1) is 11.6 Å². The van der Waals surface area contributed by atoms with E-state index in [1.807, 2.05) is 31.0 Å². The number of amides is 1. The predicted molar refractivity (Wildman–Crippen MR) is 164 cm³/mol. The van der Waals surface area contributed by atoms with Crippen molar-refractivity contribution < 1.29 is 23.4 Å². The lowest BCUT2D eigenvalue weighted by Gasteiger charge is -2.31. The second-order valence-electron chi connectivity index (χ2n) is 12.3. The summed E-state index contributed by atoms with van der Waals surface area (Å²) in [4.78, 5) is 31.3. The van der Waals surface area contributed by atoms with E-state index in [2.05, 4.69) is 14.9 Å². The van der Waals surface area contributed by atoms with Crippen LogP contribution in [0.4, 0.5) is 19.4 Å². The summed E-state index contributed by atoms with van der Waals surface area (Å²) < 4.78 is 37.9. The highest BCUT2D eigenvalue weighted by Gasteiger charge is 2.45. The minimum atomic E-state index is -0.968. The molecule has 0 bridgehead atoms. The summed E-state index contributed by atoms with van der Waals surface area (Å²) in [7, 11) is 1.84. The molecular weight excluding hydrogens is 566 g/mol. The molecule has 230 valence electrons. The number of rotatable bonds is 7. The molecule has 44 heavy (non-hydrogen) atoms. The van der Waals surface area contributed by atoms with E-state index in [1.54, 1.807) is 18.3 Å². The number of pyridine rings is 1. The van der Waals surface area contributed by atoms with Crippen molar-refractivity contribution in [2.75, 3.05) is 44.7 Å². The number of likely N-dealkylation sites (N-methyl/N-ethyl adjacent to an activating group) is 1. The minimum Gasteiger partial charge on any atom is -0.465 e. The molecule has 0 saturated carbocycles. The summed E-state index contributed by atoms with van der Waals surface area (Å²) in [5, 5.41) is 11.4. The molecule has 0 spiro atoms. The zero-order valence-electron chi connectivity index (χ0n) is 25.0. The second-order valence-corrected chi connectivity index (χ2v) is 12.3. The number of hydrogen-bond donors (Lipinski definition) is 1. The lowest BCUT2D eigenvalue weighted by atomic mass is 9.95. The zero-order chi connectivity index (χ0) is 30.6. The molecule has 0 unspecified atom stereocenters. The molecule has 3 aliphatic heterocycles. The predicted octanol–water partition coefficient (Wildman–Crippen LogP) is 5.88. The Hall–Kier alpha value is -4.12. The number of aromatic nitrogens is 3. The fraction of sp³-hybridized carbons (Fsp3) is 0.455. The van der Waals surface area contributed by atoms with Gasteiger partial charge in [-0.2, -0.15) is 9.97 Å². The number of carbonyl (C=O) groups is 1. The minimum absolute atomic E-state index is 0.0522. The molecule has 3 aliphatic rings. The number of aryl methyl sites for hydroxylation is 1. The molecule has 1 amide bonds. The van der Waals surface area contributed by atoms with Gasteiger partial charge in [0.2, 0.25) is 0 Å². The molecule has 0 radical (unpaired) electrons. The van der Waals surface area contributed by atoms with E-state index in [0.29, 0.717) is 60.3 Å². The molecule has 3 saturated heterocycles. The van der Waals surface area contributed by atoms with Gasteiger partial charge in [0.1, 0.15) is 29.5 Å². The fourth-order valence-electron chi connectivity index (χ4n) is 7.58. The van der Waals surface area contributed by atoms with Gasteiger partial charge in [0.15, 0.2) is 5.82 Å². The summed E-state index contributed by atoms with van der Waals surface area (Å²) in [5.74, 6) is -0.538. The van der Waals surface area contributed by atoms with Crippen molar-refractivity contribution in [3.05, 3.63) is 53.7 Å². The van der Waals surface area contributed by atoms with E-state index in [4.69, 9.17) is 9.72 Å². The van der Waals surface area contributed by atoms with Crippen LogP contribution in [0.3, 0.4) is 0 Å². The highest BCUT2D eigenvalue weighted by Crippen LogP contribution is 2.40. The number of halogens is 2. The third-order valence-electron chi connectivity index (χ3n) is 9.95. The Kier molecular flexibility index (Phi) is 7.23. The van der Waals surface area contributed by atoms with Crippen molar-refractivity contribution in [3.8, 4) is 17.3 Å². The Morgan fingerprint density at radius 3 is 2.66 bits per heavy atom. The Morgan fingerprint density at radius 2 is 1.93 bits per heavy atom. The molecule has 11 heteroatoms. The van der Waals surface area contributed by atoms with Crippen molar-refractivity contribution in [1.82, 2.24) is 24.8 Å². The van der Waals surface area contributed by atoms with Crippen LogP contribution in [-0.4, -0.2) is 87.4 Å². The Bertz CT molecular complexity index is 1760. The molecule has 0 aliphatic carbocycles. The molecule has 7 rings (SSSR count). The lowest BCUT2D eigenvalue weighted by Crippen LogP contribution is -2.43. The maximum absolute atomic E-state index is 16.7. The van der Waals surface area contributed by atoms with Crippen LogP contribution in [-0.2, 0) is 6.42 Å². The third kappa shape index (κ3) is 4.68. The first-order chi connectivity index (χ1) is 21.3. The van der Waals surface area contributed by atoms with Crippen LogP contribution in [0.5, 0.6) is 6.01 Å². The molecule has 1 N–H and O–H groups in total. The molecule has 9 nitrogen and oxygen atoms in total. The van der Waals surface area contributed by atoms with Gasteiger partial charge in [0.05, 0.1) is 10.9 Å². The molecule has 5 heterocycles. The first-order valence-corrected chi connectivity index (χ1v) is 15.4. The zero-order valence-corrected chi connectivity index (χ0v) is 25.0. The van der Waals surface area contributed by atoms with Crippen molar-refractivity contribution in [2.45, 2.75) is 57.0 Å². The standard InChI is InChI=1S/C33H36F2N6O3/c1-3-22-25(34)10-9-20-7-4-8-23(26(20)22)28-27(35)29-24(17-36-28)30(39(2)21-11-16-40(18-21)32(42)43)38-31(37-29)44-19-33-12-5-14-41(33)15-6-13-33/h4,7-10,17,21H,3,5-6,11-16,18-19H2,1-2H3,(H,42,43)/t21-/m1/s1. The van der Waals surface area contributed by atoms with E-state index in [1.165, 1.54) is 11.0 Å². The molecule has 3 fully saturated rings. The van der Waals surface area contributed by atoms with Crippen LogP contribution in [0.1, 0.15) is 44.6 Å². The summed E-state index contributed by atoms with van der Waals surface area (Å²) in [5.41, 5.74) is 1.09. The number of carboxylic acid groups (broad SMARTS) is 1. The van der Waals surface area contributed by atoms with Gasteiger partial charge in [-0.3, -0.25) is 9.88 Å². The number of anilines is 1. The van der Waals surface area contributed by atoms with E-state index >= 15 is 4.39 Å². The fourth-order valence-corrected chi connectivity index (χ4v) is 7.58. The normalized spacial score (nSPS) is 19.6. The van der Waals surface area contributed by atoms with Gasteiger partial charge in [-0.25, -0.2) is 13.6 Å². The van der Waals surface area contributed by atoms with Gasteiger partial charge in [-0.1, -0.05) is 31.2 Å². The smallest absolute Gasteiger partial charge is 0.407 e. The van der Waals surface area contributed by atoms with Gasteiger partial charge in [-0.15, -0.1) is 0 Å². The van der Waals surface area contributed by atoms with Crippen molar-refractivity contribution in [1.29, 1.82) is 0 Å². The molecule has 2 aromatic carbocycles. The van der Waals surface area contributed by atoms with E-state index < -0.39 is 11.9 Å². The molecule has 1 atom stereocenters. The van der Waals surface area contributed by atoms with Crippen LogP contribution in [0.15, 0.2) is 36.5 Å². The number of benzene rings is 2. The van der Waals surface area contributed by atoms with E-state index in [0.717, 1.165) is 44.2 Å². The summed E-state index contributed by atoms with van der Waals surface area (Å²) in [6.07, 6.45) is 5.96. The first kappa shape index (κ1) is 28.6. The molecule has 4 aromatic rings. The SMILES string of the molecule is CCc1c(F)ccc2cccc(-c3ncc4c(N(C)[C@@H]5CCN(C(=O)O)C5)nc(OCC56CCCN5CCC6)nc4c3F)c12. The van der Waals surface area contributed by atoms with Gasteiger partial charge >= 0.3 is 12.1 Å². The monoisotopic (exact) mass is 602 g/mol. The largest absolute Gasteiger partial charge is 0.465 e. The maximum atomic E-state index is 16.7. The number of nitrogens with zero attached hydrogens (tertiary/aromatic N) is 6. The van der Waals surface area contributed by atoms with Crippen LogP contribution >= 0.6 is 0 Å². The quantitative estimate of drug-likeness (QED) is 0.280. The summed E-state index contributed by atoms with van der Waals surface area (Å²) in [6.45, 7) is 5.10. The van der Waals surface area contributed by atoms with Gasteiger partial charge < -0.3 is 19.6 Å². The Labute approximate surface area is 254 Å². The summed E-state index contributed by atoms with van der Waals surface area (Å²) >= 11 is 0. The Morgan fingerprint density at radius 1 is 1.14 bits per heavy atom. The maximum Gasteiger partial charge on any atom is 0.407 e. The van der Waals surface area contributed by atoms with E-state index in [-0.39, 0.29) is 34.6 Å². The number of likely N-dealkylation sites (tertiary alicyclic amines) is 1. The second kappa shape index (κ2) is 11.1. The third-order valence-corrected chi connectivity index (χ3v) is 9.95. The summed E-state index contributed by atoms with van der Waals surface area (Å²) in [6, 6.07) is 8.52. The topological polar surface area (TPSA) is 94.9 Å². The van der Waals surface area contributed by atoms with Gasteiger partial charge in [-0.05, 0) is 74.0 Å². The van der Waals surface area contributed by atoms with Crippen LogP contribution in [0.25, 0.3) is 32.9 Å². The number of hydrogen-bond acceptors (Lipinski definition) is 7. The average Bonchev–Trinajstić information content (AvgIpc) is 3.76. The van der Waals surface area contributed by atoms with Crippen molar-refractivity contribution in [2.24, 2.45) is 0 Å².